The lowest BCUT2D eigenvalue weighted by Gasteiger charge is -2.25. The van der Waals surface area contributed by atoms with Gasteiger partial charge in [0.1, 0.15) is 5.75 Å². The molecular weight excluding hydrogens is 212 g/mol. The first-order chi connectivity index (χ1) is 8.08. The molecule has 17 heavy (non-hydrogen) atoms. The van der Waals surface area contributed by atoms with Crippen LogP contribution in [0.2, 0.25) is 0 Å². The summed E-state index contributed by atoms with van der Waals surface area (Å²) < 4.78 is 5.15. The molecule has 0 aliphatic carbocycles. The summed E-state index contributed by atoms with van der Waals surface area (Å²) in [6.45, 7) is 5.35. The van der Waals surface area contributed by atoms with E-state index in [4.69, 9.17) is 10.5 Å². The summed E-state index contributed by atoms with van der Waals surface area (Å²) in [7, 11) is 3.80. The largest absolute Gasteiger partial charge is 0.497 e. The van der Waals surface area contributed by atoms with Crippen LogP contribution in [0.5, 0.6) is 5.75 Å². The Labute approximate surface area is 105 Å². The number of hydrogen-bond acceptors (Lipinski definition) is 3. The van der Waals surface area contributed by atoms with Crippen LogP contribution >= 0.6 is 0 Å². The van der Waals surface area contributed by atoms with E-state index in [9.17, 15) is 0 Å². The summed E-state index contributed by atoms with van der Waals surface area (Å²) in [6.07, 6.45) is 2.43. The second-order valence-electron chi connectivity index (χ2n) is 4.62. The van der Waals surface area contributed by atoms with E-state index in [-0.39, 0.29) is 0 Å². The van der Waals surface area contributed by atoms with Crippen LogP contribution in [-0.4, -0.2) is 25.1 Å². The van der Waals surface area contributed by atoms with Gasteiger partial charge in [0.2, 0.25) is 0 Å². The van der Waals surface area contributed by atoms with E-state index < -0.39 is 0 Å². The number of benzene rings is 1. The molecule has 0 saturated heterocycles. The zero-order valence-electron chi connectivity index (χ0n) is 11.4. The molecule has 0 amide bonds. The summed E-state index contributed by atoms with van der Waals surface area (Å²) in [5, 5.41) is 0. The number of hydrogen-bond donors (Lipinski definition) is 1. The Balaban J connectivity index is 2.68. The number of ether oxygens (including phenoxy) is 1. The van der Waals surface area contributed by atoms with Gasteiger partial charge in [0.15, 0.2) is 0 Å². The fourth-order valence-electron chi connectivity index (χ4n) is 1.91. The normalized spacial score (nSPS) is 12.8. The fraction of sp³-hybridized carbons (Fsp3) is 0.571. The average Bonchev–Trinajstić information content (AvgIpc) is 2.31. The lowest BCUT2D eigenvalue weighted by molar-refractivity contribution is 0.237. The zero-order valence-corrected chi connectivity index (χ0v) is 11.4. The molecular formula is C14H24N2O. The molecule has 0 fully saturated rings. The quantitative estimate of drug-likeness (QED) is 0.772. The zero-order chi connectivity index (χ0) is 12.8. The van der Waals surface area contributed by atoms with Crippen molar-refractivity contribution in [2.24, 2.45) is 0 Å². The van der Waals surface area contributed by atoms with Gasteiger partial charge in [0, 0.05) is 24.3 Å². The molecule has 1 aromatic carbocycles. The van der Waals surface area contributed by atoms with Crippen LogP contribution in [0.15, 0.2) is 18.2 Å². The van der Waals surface area contributed by atoms with Gasteiger partial charge in [-0.15, -0.1) is 0 Å². The number of rotatable bonds is 6. The van der Waals surface area contributed by atoms with Gasteiger partial charge in [-0.1, -0.05) is 19.4 Å². The van der Waals surface area contributed by atoms with Gasteiger partial charge >= 0.3 is 0 Å². The second kappa shape index (κ2) is 6.50. The van der Waals surface area contributed by atoms with Crippen LogP contribution < -0.4 is 10.5 Å². The molecule has 3 heteroatoms. The highest BCUT2D eigenvalue weighted by molar-refractivity contribution is 5.51. The highest BCUT2D eigenvalue weighted by atomic mass is 16.5. The summed E-state index contributed by atoms with van der Waals surface area (Å²) in [5.41, 5.74) is 7.98. The molecule has 1 rings (SSSR count). The summed E-state index contributed by atoms with van der Waals surface area (Å²) in [4.78, 5) is 2.33. The van der Waals surface area contributed by atoms with Crippen molar-refractivity contribution < 1.29 is 4.74 Å². The van der Waals surface area contributed by atoms with Gasteiger partial charge < -0.3 is 10.5 Å². The van der Waals surface area contributed by atoms with E-state index in [1.807, 2.05) is 18.2 Å². The maximum atomic E-state index is 6.01. The minimum Gasteiger partial charge on any atom is -0.497 e. The molecule has 0 aromatic heterocycles. The van der Waals surface area contributed by atoms with Gasteiger partial charge in [0.25, 0.3) is 0 Å². The van der Waals surface area contributed by atoms with Crippen molar-refractivity contribution in [1.82, 2.24) is 4.90 Å². The highest BCUT2D eigenvalue weighted by Crippen LogP contribution is 2.21. The first kappa shape index (κ1) is 13.8. The smallest absolute Gasteiger partial charge is 0.120 e. The number of anilines is 1. The molecule has 0 heterocycles. The van der Waals surface area contributed by atoms with E-state index in [0.29, 0.717) is 6.04 Å². The topological polar surface area (TPSA) is 38.5 Å². The van der Waals surface area contributed by atoms with E-state index in [2.05, 4.69) is 25.8 Å². The Morgan fingerprint density at radius 3 is 2.65 bits per heavy atom. The highest BCUT2D eigenvalue weighted by Gasteiger charge is 2.10. The number of methoxy groups -OCH3 is 1. The molecule has 0 aliphatic rings. The van der Waals surface area contributed by atoms with Crippen molar-refractivity contribution in [3.8, 4) is 5.75 Å². The summed E-state index contributed by atoms with van der Waals surface area (Å²) in [6, 6.07) is 6.47. The van der Waals surface area contributed by atoms with Crippen molar-refractivity contribution in [2.45, 2.75) is 39.3 Å². The molecule has 0 aliphatic heterocycles. The summed E-state index contributed by atoms with van der Waals surface area (Å²) in [5.74, 6) is 0.815. The van der Waals surface area contributed by atoms with Gasteiger partial charge in [-0.3, -0.25) is 4.90 Å². The number of nitrogen functional groups attached to an aromatic ring is 1. The maximum Gasteiger partial charge on any atom is 0.120 e. The van der Waals surface area contributed by atoms with E-state index >= 15 is 0 Å². The first-order valence-corrected chi connectivity index (χ1v) is 6.21. The third kappa shape index (κ3) is 3.93. The van der Waals surface area contributed by atoms with E-state index in [0.717, 1.165) is 23.5 Å². The molecule has 0 saturated carbocycles. The first-order valence-electron chi connectivity index (χ1n) is 6.21. The molecule has 96 valence electrons. The van der Waals surface area contributed by atoms with E-state index in [1.165, 1.54) is 12.8 Å². The van der Waals surface area contributed by atoms with Gasteiger partial charge in [-0.05, 0) is 32.0 Å². The van der Waals surface area contributed by atoms with Crippen molar-refractivity contribution in [2.75, 3.05) is 19.9 Å². The molecule has 0 radical (unpaired) electrons. The third-order valence-electron chi connectivity index (χ3n) is 3.23. The minimum atomic E-state index is 0.585. The van der Waals surface area contributed by atoms with Crippen molar-refractivity contribution >= 4 is 5.69 Å². The Morgan fingerprint density at radius 2 is 2.12 bits per heavy atom. The molecule has 3 nitrogen and oxygen atoms in total. The van der Waals surface area contributed by atoms with Crippen LogP contribution in [0.25, 0.3) is 0 Å². The standard InChI is InChI=1S/C14H24N2O/c1-5-6-11(2)16(3)10-12-7-8-13(17-4)9-14(12)15/h7-9,11H,5-6,10,15H2,1-4H3. The Morgan fingerprint density at radius 1 is 1.41 bits per heavy atom. The van der Waals surface area contributed by atoms with Crippen molar-refractivity contribution in [3.63, 3.8) is 0 Å². The molecule has 1 unspecified atom stereocenters. The SMILES string of the molecule is CCCC(C)N(C)Cc1ccc(OC)cc1N. The lowest BCUT2D eigenvalue weighted by atomic mass is 10.1. The lowest BCUT2D eigenvalue weighted by Crippen LogP contribution is -2.28. The van der Waals surface area contributed by atoms with Crippen molar-refractivity contribution in [3.05, 3.63) is 23.8 Å². The van der Waals surface area contributed by atoms with Crippen LogP contribution in [-0.2, 0) is 6.54 Å². The molecule has 2 N–H and O–H groups in total. The molecule has 0 bridgehead atoms. The predicted octanol–water partition coefficient (Wildman–Crippen LogP) is 2.90. The van der Waals surface area contributed by atoms with Gasteiger partial charge in [-0.2, -0.15) is 0 Å². The summed E-state index contributed by atoms with van der Waals surface area (Å²) >= 11 is 0. The van der Waals surface area contributed by atoms with Crippen LogP contribution in [0.3, 0.4) is 0 Å². The van der Waals surface area contributed by atoms with E-state index in [1.54, 1.807) is 7.11 Å². The second-order valence-corrected chi connectivity index (χ2v) is 4.62. The molecule has 0 spiro atoms. The van der Waals surface area contributed by atoms with Crippen molar-refractivity contribution in [1.29, 1.82) is 0 Å². The molecule has 1 atom stereocenters. The number of nitrogens with zero attached hydrogens (tertiary/aromatic N) is 1. The number of nitrogens with two attached hydrogens (primary N) is 1. The Bertz CT molecular complexity index is 352. The van der Waals surface area contributed by atoms with Crippen LogP contribution in [0.1, 0.15) is 32.3 Å². The average molecular weight is 236 g/mol. The van der Waals surface area contributed by atoms with Gasteiger partial charge in [0.05, 0.1) is 7.11 Å². The third-order valence-corrected chi connectivity index (χ3v) is 3.23. The monoisotopic (exact) mass is 236 g/mol. The Hall–Kier alpha value is -1.22. The Kier molecular flexibility index (Phi) is 5.29. The maximum absolute atomic E-state index is 6.01. The predicted molar refractivity (Wildman–Crippen MR) is 73.2 cm³/mol. The van der Waals surface area contributed by atoms with Crippen LogP contribution in [0.4, 0.5) is 5.69 Å². The van der Waals surface area contributed by atoms with Crippen LogP contribution in [0, 0.1) is 0 Å². The minimum absolute atomic E-state index is 0.585. The fourth-order valence-corrected chi connectivity index (χ4v) is 1.91. The van der Waals surface area contributed by atoms with Gasteiger partial charge in [-0.25, -0.2) is 0 Å². The molecule has 1 aromatic rings.